The van der Waals surface area contributed by atoms with E-state index in [4.69, 9.17) is 14.2 Å². The Labute approximate surface area is 206 Å². The number of nitriles is 1. The standard InChI is InChI=1S/C27H32N4O4/c1-3-31-25-18-22(35-15-5-12-30-13-16-33-17-14-30)10-11-23(25)24(19-28)26(31)20-6-8-21(9-7-20)29-27(32)34-4-2/h6-11,18H,3-5,12-17H2,1-2H3,(H,29,32). The van der Waals surface area contributed by atoms with Gasteiger partial charge < -0.3 is 18.8 Å². The van der Waals surface area contributed by atoms with Crippen molar-refractivity contribution in [2.75, 3.05) is 51.4 Å². The first kappa shape index (κ1) is 24.6. The second kappa shape index (κ2) is 11.7. The molecule has 1 fully saturated rings. The van der Waals surface area contributed by atoms with Gasteiger partial charge in [-0.25, -0.2) is 4.79 Å². The van der Waals surface area contributed by atoms with Gasteiger partial charge in [-0.3, -0.25) is 10.2 Å². The Morgan fingerprint density at radius 3 is 2.60 bits per heavy atom. The molecule has 4 rings (SSSR count). The highest BCUT2D eigenvalue weighted by atomic mass is 16.5. The second-order valence-electron chi connectivity index (χ2n) is 8.34. The molecule has 2 heterocycles. The predicted octanol–water partition coefficient (Wildman–Crippen LogP) is 4.87. The van der Waals surface area contributed by atoms with E-state index in [0.29, 0.717) is 31.0 Å². The van der Waals surface area contributed by atoms with Crippen molar-refractivity contribution >= 4 is 22.7 Å². The van der Waals surface area contributed by atoms with E-state index >= 15 is 0 Å². The largest absolute Gasteiger partial charge is 0.493 e. The van der Waals surface area contributed by atoms with E-state index in [9.17, 15) is 10.1 Å². The van der Waals surface area contributed by atoms with Crippen LogP contribution in [0.5, 0.6) is 5.75 Å². The van der Waals surface area contributed by atoms with Crippen LogP contribution in [0.1, 0.15) is 25.8 Å². The molecule has 1 aromatic heterocycles. The highest BCUT2D eigenvalue weighted by Crippen LogP contribution is 2.35. The van der Waals surface area contributed by atoms with Crippen molar-refractivity contribution in [3.63, 3.8) is 0 Å². The number of hydrogen-bond donors (Lipinski definition) is 1. The summed E-state index contributed by atoms with van der Waals surface area (Å²) in [5.41, 5.74) is 4.00. The minimum absolute atomic E-state index is 0.311. The first-order chi connectivity index (χ1) is 17.1. The maximum atomic E-state index is 11.7. The molecular weight excluding hydrogens is 444 g/mol. The predicted molar refractivity (Wildman–Crippen MR) is 136 cm³/mol. The smallest absolute Gasteiger partial charge is 0.411 e. The summed E-state index contributed by atoms with van der Waals surface area (Å²) in [5, 5.41) is 13.6. The highest BCUT2D eigenvalue weighted by Gasteiger charge is 2.19. The normalized spacial score (nSPS) is 14.0. The van der Waals surface area contributed by atoms with Crippen LogP contribution in [0.15, 0.2) is 42.5 Å². The molecule has 0 aliphatic carbocycles. The van der Waals surface area contributed by atoms with E-state index in [0.717, 1.165) is 67.2 Å². The van der Waals surface area contributed by atoms with Gasteiger partial charge in [0.2, 0.25) is 0 Å². The molecule has 0 atom stereocenters. The fraction of sp³-hybridized carbons (Fsp3) is 0.407. The summed E-state index contributed by atoms with van der Waals surface area (Å²) in [4.78, 5) is 14.1. The zero-order chi connectivity index (χ0) is 24.6. The van der Waals surface area contributed by atoms with E-state index < -0.39 is 6.09 Å². The summed E-state index contributed by atoms with van der Waals surface area (Å²) in [6.45, 7) is 10.1. The number of carbonyl (C=O) groups excluding carboxylic acids is 1. The molecule has 0 spiro atoms. The molecule has 2 aromatic carbocycles. The fourth-order valence-electron chi connectivity index (χ4n) is 4.46. The number of aryl methyl sites for hydroxylation is 1. The quantitative estimate of drug-likeness (QED) is 0.443. The molecule has 8 heteroatoms. The van der Waals surface area contributed by atoms with Crippen LogP contribution in [0.2, 0.25) is 0 Å². The Bertz CT molecular complexity index is 1190. The SMILES string of the molecule is CCOC(=O)Nc1ccc(-c2c(C#N)c3ccc(OCCCN4CCOCC4)cc3n2CC)cc1. The van der Waals surface area contributed by atoms with Gasteiger partial charge >= 0.3 is 6.09 Å². The summed E-state index contributed by atoms with van der Waals surface area (Å²) in [5.74, 6) is 0.803. The summed E-state index contributed by atoms with van der Waals surface area (Å²) in [6, 6.07) is 15.8. The van der Waals surface area contributed by atoms with Crippen molar-refractivity contribution in [1.82, 2.24) is 9.47 Å². The van der Waals surface area contributed by atoms with E-state index in [1.54, 1.807) is 6.92 Å². The van der Waals surface area contributed by atoms with E-state index in [2.05, 4.69) is 27.8 Å². The number of nitrogens with one attached hydrogen (secondary N) is 1. The third-order valence-corrected chi connectivity index (χ3v) is 6.14. The Morgan fingerprint density at radius 2 is 1.91 bits per heavy atom. The molecule has 1 aliphatic heterocycles. The lowest BCUT2D eigenvalue weighted by Crippen LogP contribution is -2.37. The molecule has 184 valence electrons. The van der Waals surface area contributed by atoms with E-state index in [1.165, 1.54) is 0 Å². The fourth-order valence-corrected chi connectivity index (χ4v) is 4.46. The lowest BCUT2D eigenvalue weighted by atomic mass is 10.1. The Balaban J connectivity index is 1.53. The molecule has 0 saturated carbocycles. The van der Waals surface area contributed by atoms with Crippen LogP contribution in [-0.2, 0) is 16.0 Å². The van der Waals surface area contributed by atoms with Crippen molar-refractivity contribution in [3.05, 3.63) is 48.0 Å². The molecule has 0 radical (unpaired) electrons. The second-order valence-corrected chi connectivity index (χ2v) is 8.34. The lowest BCUT2D eigenvalue weighted by Gasteiger charge is -2.26. The highest BCUT2D eigenvalue weighted by molar-refractivity contribution is 5.95. The molecular formula is C27H32N4O4. The van der Waals surface area contributed by atoms with Gasteiger partial charge in [-0.1, -0.05) is 12.1 Å². The average Bonchev–Trinajstić information content (AvgIpc) is 3.20. The van der Waals surface area contributed by atoms with Crippen LogP contribution in [0, 0.1) is 11.3 Å². The number of fused-ring (bicyclic) bond motifs is 1. The van der Waals surface area contributed by atoms with Gasteiger partial charge in [-0.2, -0.15) is 5.26 Å². The van der Waals surface area contributed by atoms with Crippen LogP contribution in [0.4, 0.5) is 10.5 Å². The Morgan fingerprint density at radius 1 is 1.14 bits per heavy atom. The van der Waals surface area contributed by atoms with Crippen molar-refractivity contribution in [3.8, 4) is 23.1 Å². The van der Waals surface area contributed by atoms with Gasteiger partial charge in [0.15, 0.2) is 0 Å². The number of amides is 1. The van der Waals surface area contributed by atoms with Crippen molar-refractivity contribution < 1.29 is 19.0 Å². The summed E-state index contributed by atoms with van der Waals surface area (Å²) in [6.07, 6.45) is 0.464. The number of carbonyl (C=O) groups is 1. The number of hydrogen-bond acceptors (Lipinski definition) is 6. The van der Waals surface area contributed by atoms with Gasteiger partial charge in [-0.05, 0) is 50.1 Å². The van der Waals surface area contributed by atoms with Crippen LogP contribution in [-0.4, -0.2) is 61.6 Å². The van der Waals surface area contributed by atoms with Gasteiger partial charge in [0.05, 0.1) is 43.2 Å². The number of ether oxygens (including phenoxy) is 3. The molecule has 3 aromatic rings. The molecule has 1 aliphatic rings. The monoisotopic (exact) mass is 476 g/mol. The van der Waals surface area contributed by atoms with Gasteiger partial charge in [0.25, 0.3) is 0 Å². The van der Waals surface area contributed by atoms with E-state index in [-0.39, 0.29) is 0 Å². The molecule has 1 saturated heterocycles. The number of anilines is 1. The number of morpholine rings is 1. The molecule has 1 amide bonds. The van der Waals surface area contributed by atoms with Gasteiger partial charge in [-0.15, -0.1) is 0 Å². The minimum atomic E-state index is -0.488. The molecule has 0 unspecified atom stereocenters. The number of benzene rings is 2. The molecule has 8 nitrogen and oxygen atoms in total. The Kier molecular flexibility index (Phi) is 8.24. The zero-order valence-corrected chi connectivity index (χ0v) is 20.4. The maximum Gasteiger partial charge on any atom is 0.411 e. The molecule has 35 heavy (non-hydrogen) atoms. The lowest BCUT2D eigenvalue weighted by molar-refractivity contribution is 0.0358. The first-order valence-electron chi connectivity index (χ1n) is 12.2. The number of nitrogens with zero attached hydrogens (tertiary/aromatic N) is 3. The van der Waals surface area contributed by atoms with Gasteiger partial charge in [0.1, 0.15) is 11.8 Å². The van der Waals surface area contributed by atoms with Crippen molar-refractivity contribution in [2.45, 2.75) is 26.8 Å². The third kappa shape index (κ3) is 5.76. The van der Waals surface area contributed by atoms with Crippen LogP contribution >= 0.6 is 0 Å². The topological polar surface area (TPSA) is 88.8 Å². The van der Waals surface area contributed by atoms with Gasteiger partial charge in [0, 0.05) is 43.3 Å². The number of aromatic nitrogens is 1. The zero-order valence-electron chi connectivity index (χ0n) is 20.4. The minimum Gasteiger partial charge on any atom is -0.493 e. The average molecular weight is 477 g/mol. The van der Waals surface area contributed by atoms with E-state index in [1.807, 2.05) is 42.5 Å². The van der Waals surface area contributed by atoms with Crippen molar-refractivity contribution in [1.29, 1.82) is 5.26 Å². The summed E-state index contributed by atoms with van der Waals surface area (Å²) >= 11 is 0. The Hall–Kier alpha value is -3.54. The van der Waals surface area contributed by atoms with Crippen LogP contribution in [0.3, 0.4) is 0 Å². The van der Waals surface area contributed by atoms with Crippen molar-refractivity contribution in [2.24, 2.45) is 0 Å². The molecule has 0 bridgehead atoms. The summed E-state index contributed by atoms with van der Waals surface area (Å²) in [7, 11) is 0. The van der Waals surface area contributed by atoms with Crippen LogP contribution < -0.4 is 10.1 Å². The van der Waals surface area contributed by atoms with Crippen LogP contribution in [0.25, 0.3) is 22.2 Å². The maximum absolute atomic E-state index is 11.7. The molecule has 1 N–H and O–H groups in total. The first-order valence-corrected chi connectivity index (χ1v) is 12.2. The third-order valence-electron chi connectivity index (χ3n) is 6.14. The summed E-state index contributed by atoms with van der Waals surface area (Å²) < 4.78 is 18.5. The number of rotatable bonds is 9.